The second kappa shape index (κ2) is 7.65. The SMILES string of the molecule is CCc1cccc(C)c1NC(=O)Cc1c(C)nn(CC(C)C)c1C. The third-order valence-corrected chi connectivity index (χ3v) is 4.41. The molecule has 4 nitrogen and oxygen atoms in total. The first-order chi connectivity index (χ1) is 11.3. The lowest BCUT2D eigenvalue weighted by Gasteiger charge is -2.13. The van der Waals surface area contributed by atoms with E-state index in [0.717, 1.165) is 41.2 Å². The highest BCUT2D eigenvalue weighted by Gasteiger charge is 2.16. The van der Waals surface area contributed by atoms with Crippen molar-refractivity contribution in [3.8, 4) is 0 Å². The summed E-state index contributed by atoms with van der Waals surface area (Å²) in [5.74, 6) is 0.554. The zero-order chi connectivity index (χ0) is 17.9. The van der Waals surface area contributed by atoms with Crippen LogP contribution in [-0.2, 0) is 24.2 Å². The topological polar surface area (TPSA) is 46.9 Å². The van der Waals surface area contributed by atoms with Crippen LogP contribution in [0.5, 0.6) is 0 Å². The summed E-state index contributed by atoms with van der Waals surface area (Å²) in [5.41, 5.74) is 6.31. The van der Waals surface area contributed by atoms with Crippen LogP contribution >= 0.6 is 0 Å². The van der Waals surface area contributed by atoms with Gasteiger partial charge < -0.3 is 5.32 Å². The van der Waals surface area contributed by atoms with Crippen LogP contribution in [0.25, 0.3) is 0 Å². The van der Waals surface area contributed by atoms with Crippen molar-refractivity contribution in [3.63, 3.8) is 0 Å². The molecule has 130 valence electrons. The van der Waals surface area contributed by atoms with E-state index in [2.05, 4.69) is 44.2 Å². The average Bonchev–Trinajstić information content (AvgIpc) is 2.76. The molecule has 0 bridgehead atoms. The Balaban J connectivity index is 2.18. The Labute approximate surface area is 145 Å². The van der Waals surface area contributed by atoms with E-state index in [4.69, 9.17) is 0 Å². The van der Waals surface area contributed by atoms with Crippen LogP contribution in [0.15, 0.2) is 18.2 Å². The van der Waals surface area contributed by atoms with Gasteiger partial charge in [-0.3, -0.25) is 9.48 Å². The van der Waals surface area contributed by atoms with Crippen molar-refractivity contribution in [2.45, 2.75) is 60.9 Å². The summed E-state index contributed by atoms with van der Waals surface area (Å²) < 4.78 is 2.02. The van der Waals surface area contributed by atoms with E-state index in [-0.39, 0.29) is 5.91 Å². The number of para-hydroxylation sites is 1. The van der Waals surface area contributed by atoms with Gasteiger partial charge in [-0.2, -0.15) is 5.10 Å². The van der Waals surface area contributed by atoms with Crippen molar-refractivity contribution in [1.29, 1.82) is 0 Å². The Morgan fingerprint density at radius 3 is 2.58 bits per heavy atom. The molecule has 1 aromatic carbocycles. The van der Waals surface area contributed by atoms with Gasteiger partial charge in [0.25, 0.3) is 0 Å². The number of carbonyl (C=O) groups is 1. The maximum atomic E-state index is 12.6. The molecule has 0 aliphatic rings. The molecule has 0 aliphatic carbocycles. The normalized spacial score (nSPS) is 11.1. The molecule has 0 saturated heterocycles. The first-order valence-electron chi connectivity index (χ1n) is 8.74. The van der Waals surface area contributed by atoms with Crippen LogP contribution < -0.4 is 5.32 Å². The largest absolute Gasteiger partial charge is 0.325 e. The van der Waals surface area contributed by atoms with Gasteiger partial charge in [-0.15, -0.1) is 0 Å². The van der Waals surface area contributed by atoms with E-state index < -0.39 is 0 Å². The standard InChI is InChI=1S/C20H29N3O/c1-7-17-10-8-9-14(4)20(17)21-19(24)11-18-15(5)22-23(16(18)6)12-13(2)3/h8-10,13H,7,11-12H2,1-6H3,(H,21,24). The maximum absolute atomic E-state index is 12.6. The van der Waals surface area contributed by atoms with Gasteiger partial charge in [0.15, 0.2) is 0 Å². The molecule has 2 aromatic rings. The molecule has 1 amide bonds. The van der Waals surface area contributed by atoms with Crippen molar-refractivity contribution in [3.05, 3.63) is 46.3 Å². The van der Waals surface area contributed by atoms with Crippen LogP contribution in [-0.4, -0.2) is 15.7 Å². The van der Waals surface area contributed by atoms with Crippen molar-refractivity contribution in [2.24, 2.45) is 5.92 Å². The van der Waals surface area contributed by atoms with Gasteiger partial charge in [0.2, 0.25) is 5.91 Å². The van der Waals surface area contributed by atoms with Crippen molar-refractivity contribution in [1.82, 2.24) is 9.78 Å². The zero-order valence-electron chi connectivity index (χ0n) is 15.7. The third-order valence-electron chi connectivity index (χ3n) is 4.41. The van der Waals surface area contributed by atoms with Gasteiger partial charge >= 0.3 is 0 Å². The summed E-state index contributed by atoms with van der Waals surface area (Å²) in [6.07, 6.45) is 1.27. The molecule has 0 radical (unpaired) electrons. The molecule has 2 rings (SSSR count). The first-order valence-corrected chi connectivity index (χ1v) is 8.74. The average molecular weight is 327 g/mol. The number of hydrogen-bond acceptors (Lipinski definition) is 2. The lowest BCUT2D eigenvalue weighted by Crippen LogP contribution is -2.17. The number of aryl methyl sites for hydroxylation is 3. The van der Waals surface area contributed by atoms with Gasteiger partial charge in [-0.05, 0) is 44.2 Å². The van der Waals surface area contributed by atoms with Crippen molar-refractivity contribution >= 4 is 11.6 Å². The Hall–Kier alpha value is -2.10. The first kappa shape index (κ1) is 18.2. The van der Waals surface area contributed by atoms with Gasteiger partial charge in [0.05, 0.1) is 12.1 Å². The van der Waals surface area contributed by atoms with E-state index in [1.165, 1.54) is 5.56 Å². The number of benzene rings is 1. The highest BCUT2D eigenvalue weighted by Crippen LogP contribution is 2.22. The molecular formula is C20H29N3O. The fourth-order valence-corrected chi connectivity index (χ4v) is 3.06. The molecule has 1 N–H and O–H groups in total. The summed E-state index contributed by atoms with van der Waals surface area (Å²) >= 11 is 0. The van der Waals surface area contributed by atoms with Gasteiger partial charge in [0.1, 0.15) is 0 Å². The lowest BCUT2D eigenvalue weighted by molar-refractivity contribution is -0.115. The summed E-state index contributed by atoms with van der Waals surface area (Å²) in [5, 5.41) is 7.71. The third kappa shape index (κ3) is 4.05. The molecule has 0 spiro atoms. The number of nitrogens with zero attached hydrogens (tertiary/aromatic N) is 2. The van der Waals surface area contributed by atoms with Gasteiger partial charge in [-0.25, -0.2) is 0 Å². The molecule has 0 fully saturated rings. The number of nitrogens with one attached hydrogen (secondary N) is 1. The summed E-state index contributed by atoms with van der Waals surface area (Å²) in [4.78, 5) is 12.6. The fraction of sp³-hybridized carbons (Fsp3) is 0.500. The summed E-state index contributed by atoms with van der Waals surface area (Å²) in [6.45, 7) is 13.4. The monoisotopic (exact) mass is 327 g/mol. The number of anilines is 1. The molecule has 0 unspecified atom stereocenters. The van der Waals surface area contributed by atoms with Crippen LogP contribution in [0.2, 0.25) is 0 Å². The summed E-state index contributed by atoms with van der Waals surface area (Å²) in [7, 11) is 0. The molecule has 1 heterocycles. The number of aromatic nitrogens is 2. The van der Waals surface area contributed by atoms with Crippen LogP contribution in [0, 0.1) is 26.7 Å². The van der Waals surface area contributed by atoms with E-state index >= 15 is 0 Å². The Bertz CT molecular complexity index is 729. The zero-order valence-corrected chi connectivity index (χ0v) is 15.7. The molecule has 24 heavy (non-hydrogen) atoms. The molecule has 1 aromatic heterocycles. The van der Waals surface area contributed by atoms with Crippen molar-refractivity contribution < 1.29 is 4.79 Å². The number of rotatable bonds is 6. The predicted octanol–water partition coefficient (Wildman–Crippen LogP) is 4.21. The second-order valence-corrected chi connectivity index (χ2v) is 6.91. The predicted molar refractivity (Wildman–Crippen MR) is 99.4 cm³/mol. The Morgan fingerprint density at radius 1 is 1.25 bits per heavy atom. The minimum Gasteiger partial charge on any atom is -0.325 e. The number of amides is 1. The minimum absolute atomic E-state index is 0.0225. The lowest BCUT2D eigenvalue weighted by atomic mass is 10.0. The Morgan fingerprint density at radius 2 is 1.96 bits per heavy atom. The van der Waals surface area contributed by atoms with Crippen LogP contribution in [0.4, 0.5) is 5.69 Å². The number of hydrogen-bond donors (Lipinski definition) is 1. The smallest absolute Gasteiger partial charge is 0.228 e. The Kier molecular flexibility index (Phi) is 5.81. The quantitative estimate of drug-likeness (QED) is 0.864. The minimum atomic E-state index is 0.0225. The molecular weight excluding hydrogens is 298 g/mol. The number of carbonyl (C=O) groups excluding carboxylic acids is 1. The van der Waals surface area contributed by atoms with Gasteiger partial charge in [0, 0.05) is 23.5 Å². The van der Waals surface area contributed by atoms with E-state index in [1.807, 2.05) is 30.7 Å². The molecule has 0 aliphatic heterocycles. The molecule has 0 atom stereocenters. The van der Waals surface area contributed by atoms with Crippen molar-refractivity contribution in [2.75, 3.05) is 5.32 Å². The van der Waals surface area contributed by atoms with Crippen LogP contribution in [0.1, 0.15) is 48.8 Å². The van der Waals surface area contributed by atoms with Crippen LogP contribution in [0.3, 0.4) is 0 Å². The fourth-order valence-electron chi connectivity index (χ4n) is 3.06. The highest BCUT2D eigenvalue weighted by atomic mass is 16.1. The second-order valence-electron chi connectivity index (χ2n) is 6.91. The molecule has 0 saturated carbocycles. The highest BCUT2D eigenvalue weighted by molar-refractivity contribution is 5.94. The van der Waals surface area contributed by atoms with E-state index in [9.17, 15) is 4.79 Å². The van der Waals surface area contributed by atoms with E-state index in [0.29, 0.717) is 12.3 Å². The maximum Gasteiger partial charge on any atom is 0.228 e. The molecule has 4 heteroatoms. The summed E-state index contributed by atoms with van der Waals surface area (Å²) in [6, 6.07) is 6.14. The van der Waals surface area contributed by atoms with E-state index in [1.54, 1.807) is 0 Å². The van der Waals surface area contributed by atoms with Gasteiger partial charge in [-0.1, -0.05) is 39.0 Å².